The second-order valence-electron chi connectivity index (χ2n) is 6.32. The predicted molar refractivity (Wildman–Crippen MR) is 106 cm³/mol. The summed E-state index contributed by atoms with van der Waals surface area (Å²) >= 11 is 0. The van der Waals surface area contributed by atoms with Gasteiger partial charge in [-0.2, -0.15) is 0 Å². The largest absolute Gasteiger partial charge is 0.497 e. The number of imide groups is 2. The van der Waals surface area contributed by atoms with E-state index >= 15 is 0 Å². The topological polar surface area (TPSA) is 122 Å². The number of amides is 4. The van der Waals surface area contributed by atoms with Crippen LogP contribution < -0.4 is 19.7 Å². The minimum atomic E-state index is -1.10. The summed E-state index contributed by atoms with van der Waals surface area (Å²) < 4.78 is 10.3. The third-order valence-electron chi connectivity index (χ3n) is 4.28. The van der Waals surface area contributed by atoms with E-state index in [9.17, 15) is 19.2 Å². The lowest BCUT2D eigenvalue weighted by molar-refractivity contribution is -0.144. The molecule has 4 amide bonds. The van der Waals surface area contributed by atoms with Gasteiger partial charge < -0.3 is 14.6 Å². The van der Waals surface area contributed by atoms with Crippen molar-refractivity contribution in [1.82, 2.24) is 5.32 Å². The number of carbonyl (C=O) groups is 4. The number of anilines is 1. The fourth-order valence-corrected chi connectivity index (χ4v) is 2.69. The van der Waals surface area contributed by atoms with Gasteiger partial charge in [-0.05, 0) is 55.0 Å². The lowest BCUT2D eigenvalue weighted by Gasteiger charge is -2.26. The average Bonchev–Trinajstić information content (AvgIpc) is 2.72. The summed E-state index contributed by atoms with van der Waals surface area (Å²) in [5.41, 5.74) is 0.550. The number of nitrogens with zero attached hydrogens (tertiary/aromatic N) is 1. The summed E-state index contributed by atoms with van der Waals surface area (Å²) in [6.07, 6.45) is 0.314. The molecule has 1 aliphatic rings. The molecule has 154 valence electrons. The standard InChI is InChI=1S/C21H18N2O7/c1-12(20(26)27)30-16-7-3-13(4-8-16)11-17-18(24)22-21(28)23(19(17)25)14-5-9-15(29-2)10-6-14/h3-12H,1-2H3,(H,26,27)(H,22,24,28)/b17-11+. The summed E-state index contributed by atoms with van der Waals surface area (Å²) in [7, 11) is 1.49. The highest BCUT2D eigenvalue weighted by Crippen LogP contribution is 2.24. The Morgan fingerprint density at radius 3 is 2.20 bits per heavy atom. The van der Waals surface area contributed by atoms with Crippen LogP contribution >= 0.6 is 0 Å². The maximum Gasteiger partial charge on any atom is 0.344 e. The van der Waals surface area contributed by atoms with Crippen molar-refractivity contribution in [2.75, 3.05) is 12.0 Å². The number of urea groups is 1. The molecule has 0 aromatic heterocycles. The van der Waals surface area contributed by atoms with Crippen LogP contribution in [0.1, 0.15) is 12.5 Å². The molecule has 2 aromatic carbocycles. The number of hydrogen-bond donors (Lipinski definition) is 2. The molecule has 2 N–H and O–H groups in total. The molecule has 1 heterocycles. The fraction of sp³-hybridized carbons (Fsp3) is 0.143. The van der Waals surface area contributed by atoms with Crippen LogP contribution in [0.2, 0.25) is 0 Å². The number of carbonyl (C=O) groups excluding carboxylic acids is 3. The molecule has 0 bridgehead atoms. The Morgan fingerprint density at radius 1 is 1.03 bits per heavy atom. The third-order valence-corrected chi connectivity index (χ3v) is 4.28. The van der Waals surface area contributed by atoms with Crippen molar-refractivity contribution < 1.29 is 33.8 Å². The number of aliphatic carboxylic acids is 1. The Bertz CT molecular complexity index is 1030. The van der Waals surface area contributed by atoms with E-state index < -0.39 is 29.9 Å². The summed E-state index contributed by atoms with van der Waals surface area (Å²) in [6.45, 7) is 1.40. The van der Waals surface area contributed by atoms with Crippen molar-refractivity contribution in [1.29, 1.82) is 0 Å². The highest BCUT2D eigenvalue weighted by atomic mass is 16.5. The van der Waals surface area contributed by atoms with E-state index in [1.54, 1.807) is 24.3 Å². The van der Waals surface area contributed by atoms with Gasteiger partial charge in [0, 0.05) is 0 Å². The Hall–Kier alpha value is -4.14. The monoisotopic (exact) mass is 410 g/mol. The number of carboxylic acid groups (broad SMARTS) is 1. The van der Waals surface area contributed by atoms with E-state index in [1.807, 2.05) is 0 Å². The van der Waals surface area contributed by atoms with Crippen molar-refractivity contribution in [3.8, 4) is 11.5 Å². The van der Waals surface area contributed by atoms with Gasteiger partial charge in [-0.15, -0.1) is 0 Å². The minimum absolute atomic E-state index is 0.224. The number of benzene rings is 2. The first-order chi connectivity index (χ1) is 14.3. The van der Waals surface area contributed by atoms with Crippen LogP contribution in [-0.2, 0) is 14.4 Å². The number of methoxy groups -OCH3 is 1. The lowest BCUT2D eigenvalue weighted by atomic mass is 10.1. The Balaban J connectivity index is 1.85. The van der Waals surface area contributed by atoms with Crippen molar-refractivity contribution in [3.63, 3.8) is 0 Å². The highest BCUT2D eigenvalue weighted by Gasteiger charge is 2.36. The second kappa shape index (κ2) is 8.48. The van der Waals surface area contributed by atoms with E-state index in [0.717, 1.165) is 4.90 Å². The van der Waals surface area contributed by atoms with Crippen LogP contribution in [0.3, 0.4) is 0 Å². The molecule has 1 aliphatic heterocycles. The first-order valence-corrected chi connectivity index (χ1v) is 8.85. The molecule has 9 nitrogen and oxygen atoms in total. The van der Waals surface area contributed by atoms with Gasteiger partial charge in [0.15, 0.2) is 6.10 Å². The quantitative estimate of drug-likeness (QED) is 0.553. The van der Waals surface area contributed by atoms with E-state index in [4.69, 9.17) is 14.6 Å². The predicted octanol–water partition coefficient (Wildman–Crippen LogP) is 2.21. The summed E-state index contributed by atoms with van der Waals surface area (Å²) in [5, 5.41) is 11.0. The molecule has 0 aliphatic carbocycles. The van der Waals surface area contributed by atoms with E-state index in [2.05, 4.69) is 5.32 Å². The van der Waals surface area contributed by atoms with Gasteiger partial charge in [0.1, 0.15) is 17.1 Å². The third kappa shape index (κ3) is 4.30. The van der Waals surface area contributed by atoms with Gasteiger partial charge in [0.25, 0.3) is 11.8 Å². The Morgan fingerprint density at radius 2 is 1.63 bits per heavy atom. The number of rotatable bonds is 6. The highest BCUT2D eigenvalue weighted by molar-refractivity contribution is 6.39. The number of carboxylic acids is 1. The second-order valence-corrected chi connectivity index (χ2v) is 6.32. The van der Waals surface area contributed by atoms with Crippen LogP contribution in [0.4, 0.5) is 10.5 Å². The fourth-order valence-electron chi connectivity index (χ4n) is 2.69. The summed E-state index contributed by atoms with van der Waals surface area (Å²) in [6, 6.07) is 11.5. The molecule has 30 heavy (non-hydrogen) atoms. The molecule has 1 fully saturated rings. The smallest absolute Gasteiger partial charge is 0.344 e. The van der Waals surface area contributed by atoms with Gasteiger partial charge in [-0.1, -0.05) is 12.1 Å². The molecular weight excluding hydrogens is 392 g/mol. The number of hydrogen-bond acceptors (Lipinski definition) is 6. The zero-order valence-electron chi connectivity index (χ0n) is 16.1. The van der Waals surface area contributed by atoms with Crippen LogP contribution in [-0.4, -0.2) is 42.1 Å². The number of barbiturate groups is 1. The minimum Gasteiger partial charge on any atom is -0.497 e. The molecule has 1 unspecified atom stereocenters. The maximum absolute atomic E-state index is 12.8. The van der Waals surface area contributed by atoms with E-state index in [1.165, 1.54) is 44.4 Å². The lowest BCUT2D eigenvalue weighted by Crippen LogP contribution is -2.54. The molecule has 3 rings (SSSR count). The normalized spacial score (nSPS) is 16.3. The molecule has 9 heteroatoms. The van der Waals surface area contributed by atoms with Gasteiger partial charge in [-0.25, -0.2) is 14.5 Å². The van der Waals surface area contributed by atoms with E-state index in [0.29, 0.717) is 17.1 Å². The molecule has 1 atom stereocenters. The summed E-state index contributed by atoms with van der Waals surface area (Å²) in [5.74, 6) is -1.81. The zero-order chi connectivity index (χ0) is 21.8. The number of ether oxygens (including phenoxy) is 2. The van der Waals surface area contributed by atoms with Crippen molar-refractivity contribution in [2.24, 2.45) is 0 Å². The van der Waals surface area contributed by atoms with Crippen molar-refractivity contribution in [3.05, 3.63) is 59.7 Å². The molecule has 0 spiro atoms. The Labute approximate surface area is 171 Å². The van der Waals surface area contributed by atoms with Gasteiger partial charge in [0.2, 0.25) is 0 Å². The number of nitrogens with one attached hydrogen (secondary N) is 1. The van der Waals surface area contributed by atoms with Crippen LogP contribution in [0.15, 0.2) is 54.1 Å². The van der Waals surface area contributed by atoms with E-state index in [-0.39, 0.29) is 11.3 Å². The van der Waals surface area contributed by atoms with Gasteiger partial charge in [-0.3, -0.25) is 14.9 Å². The van der Waals surface area contributed by atoms with Crippen molar-refractivity contribution in [2.45, 2.75) is 13.0 Å². The average molecular weight is 410 g/mol. The Kier molecular flexibility index (Phi) is 5.82. The van der Waals surface area contributed by atoms with Gasteiger partial charge >= 0.3 is 12.0 Å². The van der Waals surface area contributed by atoms with Crippen LogP contribution in [0, 0.1) is 0 Å². The first kappa shape index (κ1) is 20.6. The maximum atomic E-state index is 12.8. The summed E-state index contributed by atoms with van der Waals surface area (Å²) in [4.78, 5) is 49.0. The van der Waals surface area contributed by atoms with Gasteiger partial charge in [0.05, 0.1) is 12.8 Å². The molecule has 2 aromatic rings. The van der Waals surface area contributed by atoms with Crippen molar-refractivity contribution >= 4 is 35.6 Å². The molecular formula is C21H18N2O7. The first-order valence-electron chi connectivity index (χ1n) is 8.85. The zero-order valence-corrected chi connectivity index (χ0v) is 16.1. The SMILES string of the molecule is COc1ccc(N2C(=O)NC(=O)/C(=C\c3ccc(OC(C)C(=O)O)cc3)C2=O)cc1. The van der Waals surface area contributed by atoms with Crippen LogP contribution in [0.5, 0.6) is 11.5 Å². The molecule has 0 saturated carbocycles. The molecule has 0 radical (unpaired) electrons. The molecule has 1 saturated heterocycles. The van der Waals surface area contributed by atoms with Crippen LogP contribution in [0.25, 0.3) is 6.08 Å².